The Balaban J connectivity index is 2.75. The summed E-state index contributed by atoms with van der Waals surface area (Å²) in [5.74, 6) is 0.299. The summed E-state index contributed by atoms with van der Waals surface area (Å²) in [7, 11) is 1.66. The van der Waals surface area contributed by atoms with E-state index in [9.17, 15) is 0 Å². The van der Waals surface area contributed by atoms with Gasteiger partial charge in [-0.15, -0.1) is 5.10 Å². The number of hydrogen-bond donors (Lipinski definition) is 0. The summed E-state index contributed by atoms with van der Waals surface area (Å²) < 4.78 is 10.8. The normalized spacial score (nSPS) is 11.1. The first-order chi connectivity index (χ1) is 8.41. The molecule has 0 aliphatic heterocycles. The molecule has 0 saturated carbocycles. The average Bonchev–Trinajstić information content (AvgIpc) is 2.34. The maximum Gasteiger partial charge on any atom is 0.251 e. The summed E-state index contributed by atoms with van der Waals surface area (Å²) in [5, 5.41) is 17.0. The molecule has 0 saturated heterocycles. The second-order valence-corrected chi connectivity index (χ2v) is 4.76. The van der Waals surface area contributed by atoms with Crippen molar-refractivity contribution in [1.29, 1.82) is 5.26 Å². The number of nitriles is 1. The quantitative estimate of drug-likeness (QED) is 0.799. The molecule has 0 radical (unpaired) electrons. The van der Waals surface area contributed by atoms with Crippen molar-refractivity contribution in [3.8, 4) is 11.9 Å². The zero-order valence-corrected chi connectivity index (χ0v) is 11.6. The molecule has 98 valence electrons. The molecular formula is C13H19N3O2. The summed E-state index contributed by atoms with van der Waals surface area (Å²) in [5.41, 5.74) is 1.77. The van der Waals surface area contributed by atoms with Crippen LogP contribution in [0, 0.1) is 25.2 Å². The fourth-order valence-electron chi connectivity index (χ4n) is 1.31. The molecule has 0 atom stereocenters. The van der Waals surface area contributed by atoms with Crippen LogP contribution >= 0.6 is 0 Å². The predicted octanol–water partition coefficient (Wildman–Crippen LogP) is 2.16. The average molecular weight is 249 g/mol. The molecule has 0 bridgehead atoms. The van der Waals surface area contributed by atoms with E-state index in [1.807, 2.05) is 27.7 Å². The van der Waals surface area contributed by atoms with E-state index >= 15 is 0 Å². The molecule has 1 aromatic heterocycles. The molecule has 0 N–H and O–H groups in total. The zero-order valence-electron chi connectivity index (χ0n) is 11.6. The van der Waals surface area contributed by atoms with Crippen LogP contribution in [0.15, 0.2) is 0 Å². The van der Waals surface area contributed by atoms with Crippen LogP contribution in [0.1, 0.15) is 37.1 Å². The first kappa shape index (κ1) is 14.4. The minimum Gasteiger partial charge on any atom is -0.476 e. The molecule has 5 nitrogen and oxygen atoms in total. The lowest BCUT2D eigenvalue weighted by Crippen LogP contribution is -2.25. The van der Waals surface area contributed by atoms with Gasteiger partial charge < -0.3 is 9.47 Å². The van der Waals surface area contributed by atoms with Gasteiger partial charge in [0.25, 0.3) is 5.88 Å². The largest absolute Gasteiger partial charge is 0.476 e. The van der Waals surface area contributed by atoms with Crippen molar-refractivity contribution < 1.29 is 9.47 Å². The van der Waals surface area contributed by atoms with Crippen molar-refractivity contribution >= 4 is 0 Å². The van der Waals surface area contributed by atoms with Crippen molar-refractivity contribution in [2.45, 2.75) is 39.7 Å². The third-order valence-corrected chi connectivity index (χ3v) is 3.03. The van der Waals surface area contributed by atoms with Gasteiger partial charge in [-0.3, -0.25) is 0 Å². The van der Waals surface area contributed by atoms with Gasteiger partial charge in [-0.25, -0.2) is 0 Å². The molecule has 1 rings (SSSR count). The molecule has 5 heteroatoms. The second kappa shape index (κ2) is 5.78. The second-order valence-electron chi connectivity index (χ2n) is 4.76. The van der Waals surface area contributed by atoms with Gasteiger partial charge in [0.05, 0.1) is 17.9 Å². The minimum absolute atomic E-state index is 0.250. The highest BCUT2D eigenvalue weighted by Gasteiger charge is 2.18. The minimum atomic E-state index is -0.250. The number of methoxy groups -OCH3 is 1. The van der Waals surface area contributed by atoms with Gasteiger partial charge in [-0.2, -0.15) is 10.4 Å². The molecule has 1 heterocycles. The third-order valence-electron chi connectivity index (χ3n) is 3.03. The summed E-state index contributed by atoms with van der Waals surface area (Å²) in [6.07, 6.45) is 0.711. The highest BCUT2D eigenvalue weighted by atomic mass is 16.5. The van der Waals surface area contributed by atoms with Gasteiger partial charge in [0.15, 0.2) is 0 Å². The third kappa shape index (κ3) is 3.41. The summed E-state index contributed by atoms with van der Waals surface area (Å²) in [6.45, 7) is 8.06. The Morgan fingerprint density at radius 1 is 1.28 bits per heavy atom. The Morgan fingerprint density at radius 3 is 2.50 bits per heavy atom. The SMILES string of the molecule is COC(C)(C)CCOc1nnc(C)c(C)c1C#N. The standard InChI is InChI=1S/C13H19N3O2/c1-9-10(2)15-16-12(11(9)8-14)18-7-6-13(3,4)17-5/h6-7H2,1-5H3. The molecular weight excluding hydrogens is 230 g/mol. The molecule has 0 aliphatic carbocycles. The maximum atomic E-state index is 9.11. The van der Waals surface area contributed by atoms with Crippen LogP contribution in [0.25, 0.3) is 0 Å². The summed E-state index contributed by atoms with van der Waals surface area (Å²) >= 11 is 0. The molecule has 18 heavy (non-hydrogen) atoms. The maximum absolute atomic E-state index is 9.11. The monoisotopic (exact) mass is 249 g/mol. The lowest BCUT2D eigenvalue weighted by Gasteiger charge is -2.22. The van der Waals surface area contributed by atoms with Crippen molar-refractivity contribution in [2.24, 2.45) is 0 Å². The van der Waals surface area contributed by atoms with Gasteiger partial charge in [0.2, 0.25) is 0 Å². The van der Waals surface area contributed by atoms with Gasteiger partial charge in [-0.05, 0) is 33.3 Å². The summed E-state index contributed by atoms with van der Waals surface area (Å²) in [6, 6.07) is 2.11. The van der Waals surface area contributed by atoms with Crippen LogP contribution in [0.3, 0.4) is 0 Å². The van der Waals surface area contributed by atoms with Crippen molar-refractivity contribution in [3.05, 3.63) is 16.8 Å². The van der Waals surface area contributed by atoms with Crippen molar-refractivity contribution in [3.63, 3.8) is 0 Å². The van der Waals surface area contributed by atoms with Gasteiger partial charge >= 0.3 is 0 Å². The van der Waals surface area contributed by atoms with Crippen LogP contribution in [0.4, 0.5) is 0 Å². The molecule has 0 spiro atoms. The lowest BCUT2D eigenvalue weighted by molar-refractivity contribution is 0.00497. The van der Waals surface area contributed by atoms with Crippen molar-refractivity contribution in [1.82, 2.24) is 10.2 Å². The van der Waals surface area contributed by atoms with Crippen LogP contribution < -0.4 is 4.74 Å². The van der Waals surface area contributed by atoms with E-state index < -0.39 is 0 Å². The molecule has 0 amide bonds. The molecule has 1 aromatic rings. The molecule has 0 aromatic carbocycles. The van der Waals surface area contributed by atoms with Crippen LogP contribution in [-0.4, -0.2) is 29.5 Å². The highest BCUT2D eigenvalue weighted by Crippen LogP contribution is 2.20. The molecule has 0 unspecified atom stereocenters. The van der Waals surface area contributed by atoms with Crippen LogP contribution in [0.2, 0.25) is 0 Å². The van der Waals surface area contributed by atoms with Gasteiger partial charge in [0, 0.05) is 13.5 Å². The fourth-order valence-corrected chi connectivity index (χ4v) is 1.31. The Kier molecular flexibility index (Phi) is 4.62. The number of aromatic nitrogens is 2. The topological polar surface area (TPSA) is 68.0 Å². The van der Waals surface area contributed by atoms with E-state index in [1.54, 1.807) is 7.11 Å². The molecule has 0 fully saturated rings. The van der Waals surface area contributed by atoms with E-state index in [1.165, 1.54) is 0 Å². The lowest BCUT2D eigenvalue weighted by atomic mass is 10.1. The number of ether oxygens (including phenoxy) is 2. The Bertz CT molecular complexity index is 464. The molecule has 0 aliphatic rings. The number of aryl methyl sites for hydroxylation is 1. The number of rotatable bonds is 5. The number of nitrogens with zero attached hydrogens (tertiary/aromatic N) is 3. The Morgan fingerprint density at radius 2 is 1.94 bits per heavy atom. The zero-order chi connectivity index (χ0) is 13.8. The van der Waals surface area contributed by atoms with Gasteiger partial charge in [0.1, 0.15) is 11.6 Å². The van der Waals surface area contributed by atoms with E-state index in [4.69, 9.17) is 14.7 Å². The van der Waals surface area contributed by atoms with Crippen LogP contribution in [0.5, 0.6) is 5.88 Å². The Hall–Kier alpha value is -1.67. The predicted molar refractivity (Wildman–Crippen MR) is 67.4 cm³/mol. The number of hydrogen-bond acceptors (Lipinski definition) is 5. The smallest absolute Gasteiger partial charge is 0.251 e. The van der Waals surface area contributed by atoms with E-state index in [2.05, 4.69) is 16.3 Å². The van der Waals surface area contributed by atoms with Gasteiger partial charge in [-0.1, -0.05) is 0 Å². The fraction of sp³-hybridized carbons (Fsp3) is 0.615. The van der Waals surface area contributed by atoms with E-state index in [0.717, 1.165) is 11.3 Å². The summed E-state index contributed by atoms with van der Waals surface area (Å²) in [4.78, 5) is 0. The van der Waals surface area contributed by atoms with E-state index in [0.29, 0.717) is 24.5 Å². The Labute approximate surface area is 108 Å². The van der Waals surface area contributed by atoms with Crippen molar-refractivity contribution in [2.75, 3.05) is 13.7 Å². The van der Waals surface area contributed by atoms with Crippen LogP contribution in [-0.2, 0) is 4.74 Å². The highest BCUT2D eigenvalue weighted by molar-refractivity contribution is 5.44. The first-order valence-corrected chi connectivity index (χ1v) is 5.83. The van der Waals surface area contributed by atoms with E-state index in [-0.39, 0.29) is 5.60 Å². The first-order valence-electron chi connectivity index (χ1n) is 5.83.